The molecule has 1 aliphatic rings. The number of aliphatic carboxylic acids is 1. The number of rotatable bonds is 12. The third-order valence-electron chi connectivity index (χ3n) is 5.74. The van der Waals surface area contributed by atoms with Gasteiger partial charge in [-0.25, -0.2) is 0 Å². The lowest BCUT2D eigenvalue weighted by molar-refractivity contribution is -0.137. The first-order valence-electron chi connectivity index (χ1n) is 10.3. The predicted octanol–water partition coefficient (Wildman–Crippen LogP) is 3.68. The Labute approximate surface area is 163 Å². The standard InChI is InChI=1S/C22H38O5/c1-4-5-14-22(2,3)20(25)13-12-17-16(18(23)15-19(17)24)10-8-6-7-9-11-21(26)27/h6,8,12-13,16-20,23-25H,4-5,7,9-11,14-15H2,1-3H3,(H,26,27)/t16-,17-,18+,19-,20-/m1/s1. The van der Waals surface area contributed by atoms with E-state index in [1.165, 1.54) is 0 Å². The van der Waals surface area contributed by atoms with Crippen LogP contribution in [0.5, 0.6) is 0 Å². The van der Waals surface area contributed by atoms with E-state index in [9.17, 15) is 20.1 Å². The second kappa shape index (κ2) is 11.6. The van der Waals surface area contributed by atoms with Crippen LogP contribution in [0, 0.1) is 17.3 Å². The van der Waals surface area contributed by atoms with Gasteiger partial charge in [-0.3, -0.25) is 4.79 Å². The first kappa shape index (κ1) is 23.9. The van der Waals surface area contributed by atoms with Crippen molar-refractivity contribution in [1.29, 1.82) is 0 Å². The molecule has 0 bridgehead atoms. The van der Waals surface area contributed by atoms with Gasteiger partial charge in [0, 0.05) is 18.8 Å². The van der Waals surface area contributed by atoms with Crippen LogP contribution in [-0.4, -0.2) is 44.7 Å². The molecule has 0 aliphatic heterocycles. The minimum atomic E-state index is -0.789. The summed E-state index contributed by atoms with van der Waals surface area (Å²) in [6.07, 6.45) is 11.4. The number of aliphatic hydroxyl groups excluding tert-OH is 3. The molecule has 1 rings (SSSR count). The van der Waals surface area contributed by atoms with E-state index in [0.29, 0.717) is 25.7 Å². The van der Waals surface area contributed by atoms with Crippen LogP contribution < -0.4 is 0 Å². The van der Waals surface area contributed by atoms with Gasteiger partial charge in [-0.2, -0.15) is 0 Å². The van der Waals surface area contributed by atoms with Gasteiger partial charge in [0.2, 0.25) is 0 Å². The topological polar surface area (TPSA) is 98.0 Å². The van der Waals surface area contributed by atoms with Crippen LogP contribution in [0.2, 0.25) is 0 Å². The lowest BCUT2D eigenvalue weighted by atomic mass is 9.80. The molecule has 0 heterocycles. The van der Waals surface area contributed by atoms with Gasteiger partial charge in [0.15, 0.2) is 0 Å². The molecule has 0 aromatic carbocycles. The number of hydrogen-bond donors (Lipinski definition) is 4. The molecule has 0 radical (unpaired) electrons. The van der Waals surface area contributed by atoms with E-state index >= 15 is 0 Å². The lowest BCUT2D eigenvalue weighted by Crippen LogP contribution is -2.28. The first-order valence-corrected chi connectivity index (χ1v) is 10.3. The van der Waals surface area contributed by atoms with Gasteiger partial charge in [-0.1, -0.05) is 57.9 Å². The van der Waals surface area contributed by atoms with Gasteiger partial charge < -0.3 is 20.4 Å². The molecule has 27 heavy (non-hydrogen) atoms. The number of hydrogen-bond acceptors (Lipinski definition) is 4. The predicted molar refractivity (Wildman–Crippen MR) is 107 cm³/mol. The van der Waals surface area contributed by atoms with E-state index in [0.717, 1.165) is 19.3 Å². The Morgan fingerprint density at radius 1 is 1.19 bits per heavy atom. The van der Waals surface area contributed by atoms with E-state index in [1.54, 1.807) is 6.08 Å². The van der Waals surface area contributed by atoms with Gasteiger partial charge in [0.05, 0.1) is 18.3 Å². The van der Waals surface area contributed by atoms with Gasteiger partial charge >= 0.3 is 5.97 Å². The second-order valence-corrected chi connectivity index (χ2v) is 8.53. The summed E-state index contributed by atoms with van der Waals surface area (Å²) in [6.45, 7) is 6.23. The summed E-state index contributed by atoms with van der Waals surface area (Å²) in [5.41, 5.74) is -0.214. The normalized spacial score (nSPS) is 27.6. The average molecular weight is 383 g/mol. The molecule has 0 amide bonds. The third kappa shape index (κ3) is 8.16. The van der Waals surface area contributed by atoms with Gasteiger partial charge in [0.25, 0.3) is 0 Å². The molecule has 0 unspecified atom stereocenters. The highest BCUT2D eigenvalue weighted by Gasteiger charge is 2.39. The van der Waals surface area contributed by atoms with Gasteiger partial charge in [0.1, 0.15) is 0 Å². The van der Waals surface area contributed by atoms with Crippen molar-refractivity contribution < 1.29 is 25.2 Å². The second-order valence-electron chi connectivity index (χ2n) is 8.53. The van der Waals surface area contributed by atoms with E-state index in [2.05, 4.69) is 20.8 Å². The van der Waals surface area contributed by atoms with Crippen LogP contribution in [0.25, 0.3) is 0 Å². The molecule has 0 aromatic heterocycles. The zero-order valence-corrected chi connectivity index (χ0v) is 17.1. The Morgan fingerprint density at radius 3 is 2.52 bits per heavy atom. The van der Waals surface area contributed by atoms with Crippen LogP contribution >= 0.6 is 0 Å². The average Bonchev–Trinajstić information content (AvgIpc) is 2.86. The fourth-order valence-electron chi connectivity index (χ4n) is 3.72. The zero-order valence-electron chi connectivity index (χ0n) is 17.1. The number of unbranched alkanes of at least 4 members (excludes halogenated alkanes) is 2. The fraction of sp³-hybridized carbons (Fsp3) is 0.773. The maximum absolute atomic E-state index is 10.5. The number of carboxylic acid groups (broad SMARTS) is 1. The molecule has 0 spiro atoms. The molecule has 0 saturated heterocycles. The van der Waals surface area contributed by atoms with Gasteiger partial charge in [-0.15, -0.1) is 0 Å². The minimum Gasteiger partial charge on any atom is -0.481 e. The van der Waals surface area contributed by atoms with Crippen LogP contribution in [0.3, 0.4) is 0 Å². The fourth-order valence-corrected chi connectivity index (χ4v) is 3.72. The Bertz CT molecular complexity index is 497. The highest BCUT2D eigenvalue weighted by atomic mass is 16.4. The van der Waals surface area contributed by atoms with Crippen molar-refractivity contribution in [2.45, 2.75) is 90.4 Å². The third-order valence-corrected chi connectivity index (χ3v) is 5.74. The van der Waals surface area contributed by atoms with Crippen molar-refractivity contribution >= 4 is 5.97 Å². The number of carbonyl (C=O) groups is 1. The minimum absolute atomic E-state index is 0.0853. The molecular formula is C22H38O5. The van der Waals surface area contributed by atoms with Crippen LogP contribution in [0.1, 0.15) is 72.1 Å². The van der Waals surface area contributed by atoms with E-state index in [-0.39, 0.29) is 23.7 Å². The summed E-state index contributed by atoms with van der Waals surface area (Å²) in [4.78, 5) is 10.5. The summed E-state index contributed by atoms with van der Waals surface area (Å²) >= 11 is 0. The summed E-state index contributed by atoms with van der Waals surface area (Å²) in [5.74, 6) is -1.05. The van der Waals surface area contributed by atoms with Crippen molar-refractivity contribution in [3.63, 3.8) is 0 Å². The lowest BCUT2D eigenvalue weighted by Gasteiger charge is -2.29. The summed E-state index contributed by atoms with van der Waals surface area (Å²) in [6, 6.07) is 0. The van der Waals surface area contributed by atoms with Crippen LogP contribution in [-0.2, 0) is 4.79 Å². The zero-order chi connectivity index (χ0) is 20.4. The summed E-state index contributed by atoms with van der Waals surface area (Å²) in [7, 11) is 0. The monoisotopic (exact) mass is 382 g/mol. The van der Waals surface area contributed by atoms with Crippen molar-refractivity contribution in [2.75, 3.05) is 0 Å². The molecule has 1 fully saturated rings. The molecule has 1 saturated carbocycles. The number of carboxylic acids is 1. The SMILES string of the molecule is CCCCC(C)(C)[C@H](O)C=C[C@@H]1[C@@H](CC=CCCCC(=O)O)[C@@H](O)C[C@H]1O. The first-order chi connectivity index (χ1) is 12.7. The quantitative estimate of drug-likeness (QED) is 0.305. The van der Waals surface area contributed by atoms with E-state index in [1.807, 2.05) is 18.2 Å². The molecule has 1 aliphatic carbocycles. The Balaban J connectivity index is 2.62. The summed E-state index contributed by atoms with van der Waals surface area (Å²) < 4.78 is 0. The highest BCUT2D eigenvalue weighted by Crippen LogP contribution is 2.37. The summed E-state index contributed by atoms with van der Waals surface area (Å²) in [5, 5.41) is 39.7. The van der Waals surface area contributed by atoms with Crippen molar-refractivity contribution in [3.8, 4) is 0 Å². The molecule has 4 N–H and O–H groups in total. The molecule has 5 atom stereocenters. The maximum Gasteiger partial charge on any atom is 0.303 e. The molecule has 5 heteroatoms. The highest BCUT2D eigenvalue weighted by molar-refractivity contribution is 5.66. The van der Waals surface area contributed by atoms with Crippen molar-refractivity contribution in [1.82, 2.24) is 0 Å². The number of aliphatic hydroxyl groups is 3. The van der Waals surface area contributed by atoms with Gasteiger partial charge in [-0.05, 0) is 37.0 Å². The van der Waals surface area contributed by atoms with E-state index < -0.39 is 24.3 Å². The Hall–Kier alpha value is -1.17. The maximum atomic E-state index is 10.5. The Morgan fingerprint density at radius 2 is 1.89 bits per heavy atom. The largest absolute Gasteiger partial charge is 0.481 e. The Kier molecular flexibility index (Phi) is 10.3. The van der Waals surface area contributed by atoms with Crippen LogP contribution in [0.4, 0.5) is 0 Å². The number of allylic oxidation sites excluding steroid dienone is 2. The van der Waals surface area contributed by atoms with E-state index in [4.69, 9.17) is 5.11 Å². The molecular weight excluding hydrogens is 344 g/mol. The van der Waals surface area contributed by atoms with Crippen molar-refractivity contribution in [3.05, 3.63) is 24.3 Å². The van der Waals surface area contributed by atoms with Crippen molar-refractivity contribution in [2.24, 2.45) is 17.3 Å². The van der Waals surface area contributed by atoms with Crippen LogP contribution in [0.15, 0.2) is 24.3 Å². The molecule has 5 nitrogen and oxygen atoms in total. The molecule has 0 aromatic rings. The smallest absolute Gasteiger partial charge is 0.303 e. The molecule has 156 valence electrons.